The number of rotatable bonds is 7. The molecule has 0 saturated heterocycles. The highest BCUT2D eigenvalue weighted by molar-refractivity contribution is 9.10. The molecule has 1 N–H and O–H groups in total. The van der Waals surface area contributed by atoms with Gasteiger partial charge in [-0.2, -0.15) is 15.3 Å². The van der Waals surface area contributed by atoms with Crippen molar-refractivity contribution in [3.8, 4) is 0 Å². The SMILES string of the molecule is Cc1nn(CCCNC(=O)c2ccn(Cn3cc(Br)cn3)n2)c(C)c1Br. The number of hydrogen-bond donors (Lipinski definition) is 1. The van der Waals surface area contributed by atoms with Crippen LogP contribution in [0.15, 0.2) is 33.6 Å². The zero-order chi connectivity index (χ0) is 18.7. The van der Waals surface area contributed by atoms with Crippen LogP contribution in [0.4, 0.5) is 0 Å². The number of nitrogens with zero attached hydrogens (tertiary/aromatic N) is 6. The Labute approximate surface area is 167 Å². The number of hydrogen-bond acceptors (Lipinski definition) is 4. The van der Waals surface area contributed by atoms with E-state index in [1.54, 1.807) is 27.8 Å². The molecular weight excluding hydrogens is 466 g/mol. The molecule has 0 aliphatic heterocycles. The normalized spacial score (nSPS) is 11.1. The summed E-state index contributed by atoms with van der Waals surface area (Å²) in [6, 6.07) is 1.70. The molecule has 0 aliphatic carbocycles. The molecule has 10 heteroatoms. The summed E-state index contributed by atoms with van der Waals surface area (Å²) in [5.74, 6) is -0.181. The van der Waals surface area contributed by atoms with Gasteiger partial charge in [0.05, 0.1) is 20.8 Å². The van der Waals surface area contributed by atoms with Gasteiger partial charge in [-0.1, -0.05) is 0 Å². The molecule has 0 unspecified atom stereocenters. The first kappa shape index (κ1) is 18.8. The van der Waals surface area contributed by atoms with Crippen LogP contribution >= 0.6 is 31.9 Å². The van der Waals surface area contributed by atoms with Crippen molar-refractivity contribution in [2.45, 2.75) is 33.5 Å². The smallest absolute Gasteiger partial charge is 0.271 e. The zero-order valence-electron chi connectivity index (χ0n) is 14.5. The van der Waals surface area contributed by atoms with Gasteiger partial charge in [-0.15, -0.1) is 0 Å². The van der Waals surface area contributed by atoms with Gasteiger partial charge in [-0.25, -0.2) is 4.68 Å². The molecule has 0 spiro atoms. The summed E-state index contributed by atoms with van der Waals surface area (Å²) in [4.78, 5) is 12.2. The number of carbonyl (C=O) groups is 1. The minimum absolute atomic E-state index is 0.181. The third kappa shape index (κ3) is 4.42. The molecule has 1 amide bonds. The van der Waals surface area contributed by atoms with Crippen LogP contribution in [-0.4, -0.2) is 41.8 Å². The summed E-state index contributed by atoms with van der Waals surface area (Å²) in [6.07, 6.45) is 6.11. The van der Waals surface area contributed by atoms with Crippen LogP contribution in [0.5, 0.6) is 0 Å². The highest BCUT2D eigenvalue weighted by Crippen LogP contribution is 2.19. The molecule has 0 bridgehead atoms. The topological polar surface area (TPSA) is 82.6 Å². The minimum Gasteiger partial charge on any atom is -0.351 e. The van der Waals surface area contributed by atoms with Gasteiger partial charge in [0.25, 0.3) is 5.91 Å². The number of nitrogens with one attached hydrogen (secondary N) is 1. The van der Waals surface area contributed by atoms with Gasteiger partial charge < -0.3 is 5.32 Å². The molecule has 0 radical (unpaired) electrons. The summed E-state index contributed by atoms with van der Waals surface area (Å²) in [7, 11) is 0. The maximum absolute atomic E-state index is 12.2. The minimum atomic E-state index is -0.181. The van der Waals surface area contributed by atoms with Crippen LogP contribution < -0.4 is 5.32 Å². The van der Waals surface area contributed by atoms with E-state index in [0.29, 0.717) is 18.9 Å². The maximum atomic E-state index is 12.2. The lowest BCUT2D eigenvalue weighted by Gasteiger charge is -2.06. The van der Waals surface area contributed by atoms with Gasteiger partial charge in [0.15, 0.2) is 0 Å². The Balaban J connectivity index is 1.47. The second-order valence-electron chi connectivity index (χ2n) is 5.90. The van der Waals surface area contributed by atoms with E-state index >= 15 is 0 Å². The molecule has 3 rings (SSSR count). The zero-order valence-corrected chi connectivity index (χ0v) is 17.7. The van der Waals surface area contributed by atoms with Gasteiger partial charge in [0, 0.05) is 31.2 Å². The number of halogens is 2. The number of carbonyl (C=O) groups excluding carboxylic acids is 1. The van der Waals surface area contributed by atoms with E-state index in [1.165, 1.54) is 0 Å². The quantitative estimate of drug-likeness (QED) is 0.522. The Morgan fingerprint density at radius 1 is 1.23 bits per heavy atom. The summed E-state index contributed by atoms with van der Waals surface area (Å²) < 4.78 is 7.28. The standard InChI is InChI=1S/C16H19Br2N7O/c1-11-15(18)12(2)25(21-11)6-3-5-19-16(26)14-4-7-23(22-14)10-24-9-13(17)8-20-24/h4,7-9H,3,5-6,10H2,1-2H3,(H,19,26). The largest absolute Gasteiger partial charge is 0.351 e. The molecular formula is C16H19Br2N7O. The van der Waals surface area contributed by atoms with Crippen molar-refractivity contribution in [3.63, 3.8) is 0 Å². The lowest BCUT2D eigenvalue weighted by Crippen LogP contribution is -2.26. The second-order valence-corrected chi connectivity index (χ2v) is 7.61. The highest BCUT2D eigenvalue weighted by atomic mass is 79.9. The number of aromatic nitrogens is 6. The lowest BCUT2D eigenvalue weighted by atomic mass is 10.3. The molecule has 138 valence electrons. The molecule has 0 saturated carbocycles. The van der Waals surface area contributed by atoms with E-state index in [0.717, 1.165) is 33.3 Å². The Hall–Kier alpha value is -1.94. The summed E-state index contributed by atoms with van der Waals surface area (Å²) in [6.45, 7) is 5.75. The molecule has 0 aromatic carbocycles. The monoisotopic (exact) mass is 483 g/mol. The molecule has 3 heterocycles. The van der Waals surface area contributed by atoms with Crippen LogP contribution in [0.2, 0.25) is 0 Å². The van der Waals surface area contributed by atoms with Crippen LogP contribution in [0.3, 0.4) is 0 Å². The van der Waals surface area contributed by atoms with Gasteiger partial charge in [0.1, 0.15) is 12.4 Å². The summed E-state index contributed by atoms with van der Waals surface area (Å²) in [5, 5.41) is 15.8. The molecule has 3 aromatic rings. The fourth-order valence-corrected chi connectivity index (χ4v) is 3.15. The van der Waals surface area contributed by atoms with E-state index < -0.39 is 0 Å². The third-order valence-corrected chi connectivity index (χ3v) is 5.45. The Bertz CT molecular complexity index is 912. The third-order valence-electron chi connectivity index (χ3n) is 3.89. The first-order valence-corrected chi connectivity index (χ1v) is 9.72. The van der Waals surface area contributed by atoms with Crippen LogP contribution in [-0.2, 0) is 13.2 Å². The number of aryl methyl sites for hydroxylation is 2. The predicted octanol–water partition coefficient (Wildman–Crippen LogP) is 2.74. The molecule has 3 aromatic heterocycles. The van der Waals surface area contributed by atoms with Crippen molar-refractivity contribution in [1.29, 1.82) is 0 Å². The van der Waals surface area contributed by atoms with Crippen LogP contribution in [0, 0.1) is 13.8 Å². The van der Waals surface area contributed by atoms with Crippen molar-refractivity contribution < 1.29 is 4.79 Å². The number of amides is 1. The van der Waals surface area contributed by atoms with Crippen molar-refractivity contribution in [3.05, 3.63) is 50.7 Å². The van der Waals surface area contributed by atoms with Crippen LogP contribution in [0.1, 0.15) is 28.3 Å². The van der Waals surface area contributed by atoms with E-state index in [9.17, 15) is 4.79 Å². The first-order valence-electron chi connectivity index (χ1n) is 8.13. The maximum Gasteiger partial charge on any atom is 0.271 e. The van der Waals surface area contributed by atoms with E-state index in [4.69, 9.17) is 0 Å². The first-order chi connectivity index (χ1) is 12.4. The summed E-state index contributed by atoms with van der Waals surface area (Å²) >= 11 is 6.87. The fraction of sp³-hybridized carbons (Fsp3) is 0.375. The Kier molecular flexibility index (Phi) is 5.92. The van der Waals surface area contributed by atoms with Crippen molar-refractivity contribution in [2.75, 3.05) is 6.54 Å². The second kappa shape index (κ2) is 8.17. The highest BCUT2D eigenvalue weighted by Gasteiger charge is 2.11. The van der Waals surface area contributed by atoms with E-state index in [1.807, 2.05) is 24.7 Å². The van der Waals surface area contributed by atoms with Crippen LogP contribution in [0.25, 0.3) is 0 Å². The van der Waals surface area contributed by atoms with Crippen molar-refractivity contribution in [1.82, 2.24) is 34.7 Å². The molecule has 0 fully saturated rings. The predicted molar refractivity (Wildman–Crippen MR) is 104 cm³/mol. The molecule has 26 heavy (non-hydrogen) atoms. The molecule has 8 nitrogen and oxygen atoms in total. The Morgan fingerprint density at radius 3 is 2.69 bits per heavy atom. The molecule has 0 aliphatic rings. The Morgan fingerprint density at radius 2 is 2.04 bits per heavy atom. The van der Waals surface area contributed by atoms with Gasteiger partial charge in [-0.3, -0.25) is 14.2 Å². The fourth-order valence-electron chi connectivity index (χ4n) is 2.54. The van der Waals surface area contributed by atoms with Crippen molar-refractivity contribution in [2.24, 2.45) is 0 Å². The average molecular weight is 485 g/mol. The van der Waals surface area contributed by atoms with Crippen molar-refractivity contribution >= 4 is 37.8 Å². The average Bonchev–Trinajstić information content (AvgIpc) is 3.30. The van der Waals surface area contributed by atoms with Gasteiger partial charge in [-0.05, 0) is 58.2 Å². The van der Waals surface area contributed by atoms with Gasteiger partial charge >= 0.3 is 0 Å². The van der Waals surface area contributed by atoms with E-state index in [-0.39, 0.29) is 5.91 Å². The van der Waals surface area contributed by atoms with Gasteiger partial charge in [0.2, 0.25) is 0 Å². The molecule has 0 atom stereocenters. The summed E-state index contributed by atoms with van der Waals surface area (Å²) in [5.41, 5.74) is 2.46. The lowest BCUT2D eigenvalue weighted by molar-refractivity contribution is 0.0946. The van der Waals surface area contributed by atoms with E-state index in [2.05, 4.69) is 52.5 Å².